The second kappa shape index (κ2) is 2.58. The van der Waals surface area contributed by atoms with Crippen molar-refractivity contribution in [3.63, 3.8) is 0 Å². The van der Waals surface area contributed by atoms with Crippen LogP contribution < -0.4 is 5.73 Å². The number of hydrogen-bond donors (Lipinski definition) is 3. The summed E-state index contributed by atoms with van der Waals surface area (Å²) in [7, 11) is 0. The molecular weight excluding hydrogens is 164 g/mol. The molecule has 2 heterocycles. The summed E-state index contributed by atoms with van der Waals surface area (Å²) in [6.45, 7) is -2.21. The van der Waals surface area contributed by atoms with Crippen molar-refractivity contribution in [2.24, 2.45) is 5.73 Å². The lowest BCUT2D eigenvalue weighted by Gasteiger charge is -1.97. The van der Waals surface area contributed by atoms with Gasteiger partial charge >= 0.3 is 0 Å². The maximum absolute atomic E-state index is 7.38. The molecule has 0 bridgehead atoms. The molecule has 0 atom stereocenters. The molecule has 0 aliphatic carbocycles. The molecule has 0 fully saturated rings. The van der Waals surface area contributed by atoms with Crippen LogP contribution in [0.2, 0.25) is 0 Å². The van der Waals surface area contributed by atoms with Crippen LogP contribution in [0.3, 0.4) is 0 Å². The summed E-state index contributed by atoms with van der Waals surface area (Å²) in [4.78, 5) is 6.71. The topological polar surface area (TPSA) is 78.6 Å². The van der Waals surface area contributed by atoms with Crippen molar-refractivity contribution in [3.8, 4) is 0 Å². The minimum absolute atomic E-state index is 0.101. The molecule has 66 valence electrons. The Balaban J connectivity index is 2.71. The van der Waals surface area contributed by atoms with Gasteiger partial charge in [-0.2, -0.15) is 0 Å². The van der Waals surface area contributed by atoms with Gasteiger partial charge in [0.15, 0.2) is 0 Å². The summed E-state index contributed by atoms with van der Waals surface area (Å²) in [5.41, 5.74) is 6.41. The largest absolute Gasteiger partial charge is 0.384 e. The van der Waals surface area contributed by atoms with Crippen LogP contribution in [0.15, 0.2) is 18.3 Å². The number of nitrogens with one attached hydrogen (secondary N) is 2. The normalized spacial score (nSPS) is 14.9. The third-order valence-electron chi connectivity index (χ3n) is 1.82. The number of rotatable bonds is 1. The fraction of sp³-hybridized carbons (Fsp3) is 0.111. The summed E-state index contributed by atoms with van der Waals surface area (Å²) in [6, 6.07) is 3.05. The number of amidine groups is 1. The Morgan fingerprint density at radius 1 is 1.77 bits per heavy atom. The first-order valence-electron chi connectivity index (χ1n) is 5.22. The zero-order valence-corrected chi connectivity index (χ0v) is 6.76. The summed E-state index contributed by atoms with van der Waals surface area (Å²) in [5, 5.41) is 7.93. The molecule has 0 aliphatic heterocycles. The molecule has 0 saturated carbocycles. The van der Waals surface area contributed by atoms with Gasteiger partial charge in [0.25, 0.3) is 0 Å². The predicted octanol–water partition coefficient (Wildman–Crippen LogP) is 1.16. The second-order valence-electron chi connectivity index (χ2n) is 2.72. The second-order valence-corrected chi connectivity index (χ2v) is 2.72. The molecule has 0 radical (unpaired) electrons. The maximum atomic E-state index is 7.38. The number of aromatic nitrogens is 2. The number of nitrogens with two attached hydrogens (primary N) is 1. The average Bonchev–Trinajstić information content (AvgIpc) is 2.59. The summed E-state index contributed by atoms with van der Waals surface area (Å²) in [5.74, 6) is -0.108. The molecular formula is C9H10N4. The highest BCUT2D eigenvalue weighted by Gasteiger charge is 2.05. The van der Waals surface area contributed by atoms with Gasteiger partial charge in [0.2, 0.25) is 0 Å². The molecule has 0 saturated heterocycles. The standard InChI is InChI=1S/C9H10N4/c1-5-4-7-6(8(10)11)2-3-12-9(7)13-5/h2-4H,1H3,(H3,10,11)(H,12,13)/i1D3. The number of pyridine rings is 1. The van der Waals surface area contributed by atoms with Crippen molar-refractivity contribution in [2.45, 2.75) is 6.85 Å². The SMILES string of the molecule is [2H]C([2H])([2H])c1cc2c(C(=N)N)ccnc2[nH]1. The molecule has 4 heteroatoms. The molecule has 0 aromatic carbocycles. The molecule has 4 nitrogen and oxygen atoms in total. The van der Waals surface area contributed by atoms with Crippen LogP contribution in [0.5, 0.6) is 0 Å². The van der Waals surface area contributed by atoms with Gasteiger partial charge in [-0.1, -0.05) is 0 Å². The maximum Gasteiger partial charge on any atom is 0.138 e. The Morgan fingerprint density at radius 2 is 2.62 bits per heavy atom. The van der Waals surface area contributed by atoms with E-state index in [9.17, 15) is 0 Å². The van der Waals surface area contributed by atoms with Gasteiger partial charge in [-0.15, -0.1) is 0 Å². The van der Waals surface area contributed by atoms with Crippen LogP contribution in [0.1, 0.15) is 15.4 Å². The van der Waals surface area contributed by atoms with Crippen LogP contribution in [0.25, 0.3) is 11.0 Å². The molecule has 4 N–H and O–H groups in total. The average molecular weight is 177 g/mol. The highest BCUT2D eigenvalue weighted by Crippen LogP contribution is 2.16. The Hall–Kier alpha value is -1.84. The number of nitrogens with zero attached hydrogens (tertiary/aromatic N) is 1. The predicted molar refractivity (Wildman–Crippen MR) is 51.8 cm³/mol. The van der Waals surface area contributed by atoms with Crippen molar-refractivity contribution < 1.29 is 4.11 Å². The van der Waals surface area contributed by atoms with Crippen LogP contribution >= 0.6 is 0 Å². The zero-order chi connectivity index (χ0) is 11.9. The lowest BCUT2D eigenvalue weighted by atomic mass is 10.1. The van der Waals surface area contributed by atoms with Gasteiger partial charge in [-0.25, -0.2) is 4.98 Å². The van der Waals surface area contributed by atoms with E-state index in [0.29, 0.717) is 16.6 Å². The molecule has 0 unspecified atom stereocenters. The monoisotopic (exact) mass is 177 g/mol. The van der Waals surface area contributed by atoms with E-state index in [1.54, 1.807) is 6.07 Å². The van der Waals surface area contributed by atoms with Gasteiger partial charge < -0.3 is 10.7 Å². The van der Waals surface area contributed by atoms with Crippen molar-refractivity contribution in [2.75, 3.05) is 0 Å². The molecule has 2 rings (SSSR count). The number of fused-ring (bicyclic) bond motifs is 1. The summed E-state index contributed by atoms with van der Waals surface area (Å²) < 4.78 is 21.8. The molecule has 0 spiro atoms. The number of hydrogen-bond acceptors (Lipinski definition) is 2. The van der Waals surface area contributed by atoms with E-state index < -0.39 is 6.85 Å². The highest BCUT2D eigenvalue weighted by molar-refractivity contribution is 6.06. The first-order chi connectivity index (χ1) is 7.39. The first-order valence-corrected chi connectivity index (χ1v) is 3.72. The van der Waals surface area contributed by atoms with E-state index in [4.69, 9.17) is 15.3 Å². The lowest BCUT2D eigenvalue weighted by Crippen LogP contribution is -2.11. The van der Waals surface area contributed by atoms with E-state index >= 15 is 0 Å². The van der Waals surface area contributed by atoms with Crippen LogP contribution in [0.4, 0.5) is 0 Å². The molecule has 0 amide bonds. The van der Waals surface area contributed by atoms with Crippen molar-refractivity contribution in [1.82, 2.24) is 9.97 Å². The Labute approximate surface area is 79.5 Å². The van der Waals surface area contributed by atoms with Crippen LogP contribution in [0, 0.1) is 12.3 Å². The Morgan fingerprint density at radius 3 is 3.31 bits per heavy atom. The van der Waals surface area contributed by atoms with E-state index in [1.165, 1.54) is 12.3 Å². The number of aryl methyl sites for hydroxylation is 1. The molecule has 13 heavy (non-hydrogen) atoms. The van der Waals surface area contributed by atoms with E-state index in [1.807, 2.05) is 0 Å². The number of aromatic amines is 1. The third kappa shape index (κ3) is 1.16. The van der Waals surface area contributed by atoms with Gasteiger partial charge in [0.05, 0.1) is 0 Å². The van der Waals surface area contributed by atoms with Crippen molar-refractivity contribution in [3.05, 3.63) is 29.6 Å². The first kappa shape index (κ1) is 5.01. The lowest BCUT2D eigenvalue weighted by molar-refractivity contribution is 1.25. The fourth-order valence-electron chi connectivity index (χ4n) is 1.26. The summed E-state index contributed by atoms with van der Waals surface area (Å²) >= 11 is 0. The molecule has 0 aliphatic rings. The smallest absolute Gasteiger partial charge is 0.138 e. The van der Waals surface area contributed by atoms with Crippen molar-refractivity contribution >= 4 is 16.9 Å². The molecule has 2 aromatic rings. The van der Waals surface area contributed by atoms with Gasteiger partial charge in [-0.3, -0.25) is 5.41 Å². The zero-order valence-electron chi connectivity index (χ0n) is 9.76. The van der Waals surface area contributed by atoms with Crippen molar-refractivity contribution in [1.29, 1.82) is 5.41 Å². The van der Waals surface area contributed by atoms with E-state index in [-0.39, 0.29) is 11.5 Å². The number of nitrogen functional groups attached to an aromatic ring is 1. The van der Waals surface area contributed by atoms with Gasteiger partial charge in [0, 0.05) is 27.0 Å². The minimum atomic E-state index is -2.21. The van der Waals surface area contributed by atoms with Gasteiger partial charge in [0.1, 0.15) is 11.5 Å². The fourth-order valence-corrected chi connectivity index (χ4v) is 1.26. The summed E-state index contributed by atoms with van der Waals surface area (Å²) in [6.07, 6.45) is 1.48. The van der Waals surface area contributed by atoms with E-state index in [0.717, 1.165) is 0 Å². The van der Waals surface area contributed by atoms with Crippen LogP contribution in [-0.4, -0.2) is 15.8 Å². The number of H-pyrrole nitrogens is 1. The minimum Gasteiger partial charge on any atom is -0.384 e. The van der Waals surface area contributed by atoms with Gasteiger partial charge in [-0.05, 0) is 19.0 Å². The third-order valence-corrected chi connectivity index (χ3v) is 1.82. The highest BCUT2D eigenvalue weighted by atomic mass is 14.9. The quantitative estimate of drug-likeness (QED) is 0.451. The Kier molecular flexibility index (Phi) is 0.997. The van der Waals surface area contributed by atoms with E-state index in [2.05, 4.69) is 9.97 Å². The molecule has 2 aromatic heterocycles. The van der Waals surface area contributed by atoms with Crippen LogP contribution in [-0.2, 0) is 0 Å². The Bertz CT molecular complexity index is 555.